The van der Waals surface area contributed by atoms with Crippen molar-refractivity contribution in [1.29, 1.82) is 0 Å². The van der Waals surface area contributed by atoms with Crippen molar-refractivity contribution in [2.45, 2.75) is 12.8 Å². The molecule has 1 aromatic rings. The molecule has 0 aliphatic heterocycles. The van der Waals surface area contributed by atoms with Crippen LogP contribution < -0.4 is 10.9 Å². The monoisotopic (exact) mass is 254 g/mol. The zero-order chi connectivity index (χ0) is 13.5. The Morgan fingerprint density at radius 3 is 2.39 bits per heavy atom. The molecule has 0 atom stereocenters. The Morgan fingerprint density at radius 1 is 1.11 bits per heavy atom. The fourth-order valence-electron chi connectivity index (χ4n) is 1.12. The highest BCUT2D eigenvalue weighted by Crippen LogP contribution is 2.05. The molecule has 0 radical (unpaired) electrons. The molecule has 0 heterocycles. The maximum Gasteiger partial charge on any atom is 0.303 e. The molecule has 0 bridgehead atoms. The van der Waals surface area contributed by atoms with Crippen molar-refractivity contribution in [3.63, 3.8) is 0 Å². The Morgan fingerprint density at radius 2 is 1.78 bits per heavy atom. The van der Waals surface area contributed by atoms with Crippen LogP contribution in [0.5, 0.6) is 0 Å². The molecule has 6 nitrogen and oxygen atoms in total. The minimum absolute atomic E-state index is 0.212. The Bertz CT molecular complexity index is 476. The molecule has 2 amide bonds. The second-order valence-corrected chi connectivity index (χ2v) is 3.38. The Labute approximate surface area is 102 Å². The van der Waals surface area contributed by atoms with E-state index in [9.17, 15) is 18.8 Å². The Hall–Kier alpha value is -2.44. The minimum Gasteiger partial charge on any atom is -0.481 e. The van der Waals surface area contributed by atoms with Gasteiger partial charge in [-0.15, -0.1) is 0 Å². The van der Waals surface area contributed by atoms with Gasteiger partial charge >= 0.3 is 5.97 Å². The number of carbonyl (C=O) groups excluding carboxylic acids is 2. The van der Waals surface area contributed by atoms with Crippen LogP contribution in [-0.4, -0.2) is 22.9 Å². The first-order chi connectivity index (χ1) is 8.50. The van der Waals surface area contributed by atoms with Crippen molar-refractivity contribution in [2.75, 3.05) is 0 Å². The third-order valence-electron chi connectivity index (χ3n) is 2.00. The van der Waals surface area contributed by atoms with E-state index in [0.29, 0.717) is 0 Å². The van der Waals surface area contributed by atoms with Gasteiger partial charge in [0.1, 0.15) is 5.82 Å². The number of amides is 2. The molecule has 0 saturated heterocycles. The number of hydrogen-bond donors (Lipinski definition) is 3. The number of hydrogen-bond acceptors (Lipinski definition) is 3. The average molecular weight is 254 g/mol. The topological polar surface area (TPSA) is 95.5 Å². The van der Waals surface area contributed by atoms with Crippen LogP contribution in [0.4, 0.5) is 4.39 Å². The van der Waals surface area contributed by atoms with E-state index < -0.39 is 23.6 Å². The maximum atomic E-state index is 13.2. The third kappa shape index (κ3) is 4.20. The molecule has 0 aromatic heterocycles. The lowest BCUT2D eigenvalue weighted by molar-refractivity contribution is -0.138. The summed E-state index contributed by atoms with van der Waals surface area (Å²) in [5.41, 5.74) is 3.77. The van der Waals surface area contributed by atoms with Crippen LogP contribution >= 0.6 is 0 Å². The SMILES string of the molecule is O=C(O)CCC(=O)NNC(=O)c1ccccc1F. The fraction of sp³-hybridized carbons (Fsp3) is 0.182. The number of carbonyl (C=O) groups is 3. The van der Waals surface area contributed by atoms with E-state index in [-0.39, 0.29) is 18.4 Å². The maximum absolute atomic E-state index is 13.2. The lowest BCUT2D eigenvalue weighted by atomic mass is 10.2. The average Bonchev–Trinajstić information content (AvgIpc) is 2.34. The normalized spacial score (nSPS) is 9.61. The zero-order valence-electron chi connectivity index (χ0n) is 9.27. The van der Waals surface area contributed by atoms with Gasteiger partial charge in [-0.05, 0) is 12.1 Å². The molecule has 0 saturated carbocycles. The molecule has 0 fully saturated rings. The smallest absolute Gasteiger partial charge is 0.303 e. The van der Waals surface area contributed by atoms with E-state index in [2.05, 4.69) is 0 Å². The summed E-state index contributed by atoms with van der Waals surface area (Å²) in [6, 6.07) is 5.27. The predicted molar refractivity (Wildman–Crippen MR) is 58.9 cm³/mol. The summed E-state index contributed by atoms with van der Waals surface area (Å²) >= 11 is 0. The van der Waals surface area contributed by atoms with E-state index >= 15 is 0 Å². The van der Waals surface area contributed by atoms with Gasteiger partial charge in [0.15, 0.2) is 0 Å². The van der Waals surface area contributed by atoms with Crippen molar-refractivity contribution >= 4 is 17.8 Å². The van der Waals surface area contributed by atoms with Crippen LogP contribution in [0.1, 0.15) is 23.2 Å². The number of benzene rings is 1. The summed E-state index contributed by atoms with van der Waals surface area (Å²) in [7, 11) is 0. The molecular weight excluding hydrogens is 243 g/mol. The van der Waals surface area contributed by atoms with Crippen LogP contribution in [0.15, 0.2) is 24.3 Å². The number of nitrogens with one attached hydrogen (secondary N) is 2. The number of carboxylic acids is 1. The Kier molecular flexibility index (Phi) is 4.79. The van der Waals surface area contributed by atoms with Gasteiger partial charge in [0.05, 0.1) is 12.0 Å². The van der Waals surface area contributed by atoms with E-state index in [1.807, 2.05) is 10.9 Å². The minimum atomic E-state index is -1.12. The molecule has 0 aliphatic rings. The molecule has 96 valence electrons. The molecule has 7 heteroatoms. The molecule has 3 N–H and O–H groups in total. The second-order valence-electron chi connectivity index (χ2n) is 3.38. The Balaban J connectivity index is 2.45. The van der Waals surface area contributed by atoms with Crippen LogP contribution in [0.3, 0.4) is 0 Å². The first-order valence-electron chi connectivity index (χ1n) is 5.06. The third-order valence-corrected chi connectivity index (χ3v) is 2.00. The summed E-state index contributed by atoms with van der Waals surface area (Å²) in [6.45, 7) is 0. The van der Waals surface area contributed by atoms with E-state index in [1.54, 1.807) is 0 Å². The van der Waals surface area contributed by atoms with Crippen molar-refractivity contribution in [1.82, 2.24) is 10.9 Å². The molecule has 0 aliphatic carbocycles. The number of halogens is 1. The summed E-state index contributed by atoms with van der Waals surface area (Å²) in [4.78, 5) is 32.7. The van der Waals surface area contributed by atoms with Gasteiger partial charge in [0.2, 0.25) is 5.91 Å². The van der Waals surface area contributed by atoms with Crippen LogP contribution in [0.2, 0.25) is 0 Å². The first kappa shape index (κ1) is 13.6. The zero-order valence-corrected chi connectivity index (χ0v) is 9.27. The van der Waals surface area contributed by atoms with Crippen molar-refractivity contribution in [3.8, 4) is 0 Å². The van der Waals surface area contributed by atoms with E-state index in [1.165, 1.54) is 18.2 Å². The summed E-state index contributed by atoms with van der Waals surface area (Å²) in [5, 5.41) is 8.34. The number of rotatable bonds is 4. The highest BCUT2D eigenvalue weighted by Gasteiger charge is 2.11. The van der Waals surface area contributed by atoms with Gasteiger partial charge in [-0.1, -0.05) is 12.1 Å². The standard InChI is InChI=1S/C11H11FN2O4/c12-8-4-2-1-3-7(8)11(18)14-13-9(15)5-6-10(16)17/h1-4H,5-6H2,(H,13,15)(H,14,18)(H,16,17). The largest absolute Gasteiger partial charge is 0.481 e. The van der Waals surface area contributed by atoms with Crippen LogP contribution in [0.25, 0.3) is 0 Å². The van der Waals surface area contributed by atoms with Gasteiger partial charge in [0, 0.05) is 6.42 Å². The van der Waals surface area contributed by atoms with Crippen molar-refractivity contribution < 1.29 is 23.9 Å². The number of aliphatic carboxylic acids is 1. The first-order valence-corrected chi connectivity index (χ1v) is 5.06. The van der Waals surface area contributed by atoms with Crippen LogP contribution in [0, 0.1) is 5.82 Å². The molecular formula is C11H11FN2O4. The van der Waals surface area contributed by atoms with E-state index in [4.69, 9.17) is 5.11 Å². The van der Waals surface area contributed by atoms with Gasteiger partial charge in [0.25, 0.3) is 5.91 Å². The molecule has 0 unspecified atom stereocenters. The second kappa shape index (κ2) is 6.33. The van der Waals surface area contributed by atoms with E-state index in [0.717, 1.165) is 6.07 Å². The van der Waals surface area contributed by atoms with Crippen molar-refractivity contribution in [3.05, 3.63) is 35.6 Å². The lowest BCUT2D eigenvalue weighted by Crippen LogP contribution is -2.42. The van der Waals surface area contributed by atoms with Gasteiger partial charge in [-0.25, -0.2) is 4.39 Å². The number of carboxylic acid groups (broad SMARTS) is 1. The summed E-state index contributed by atoms with van der Waals surface area (Å²) < 4.78 is 13.2. The van der Waals surface area contributed by atoms with Gasteiger partial charge < -0.3 is 5.11 Å². The molecule has 1 rings (SSSR count). The number of hydrazine groups is 1. The lowest BCUT2D eigenvalue weighted by Gasteiger charge is -2.07. The quantitative estimate of drug-likeness (QED) is 0.680. The van der Waals surface area contributed by atoms with Crippen LogP contribution in [-0.2, 0) is 9.59 Å². The highest BCUT2D eigenvalue weighted by atomic mass is 19.1. The summed E-state index contributed by atoms with van der Waals surface area (Å²) in [6.07, 6.45) is -0.617. The molecule has 18 heavy (non-hydrogen) atoms. The van der Waals surface area contributed by atoms with Crippen molar-refractivity contribution in [2.24, 2.45) is 0 Å². The summed E-state index contributed by atoms with van der Waals surface area (Å²) in [5.74, 6) is -3.31. The fourth-order valence-corrected chi connectivity index (χ4v) is 1.12. The highest BCUT2D eigenvalue weighted by molar-refractivity contribution is 5.95. The predicted octanol–water partition coefficient (Wildman–Crippen LogP) is 0.452. The molecule has 0 spiro atoms. The molecule has 1 aromatic carbocycles. The van der Waals surface area contributed by atoms with Gasteiger partial charge in [-0.3, -0.25) is 25.2 Å². The van der Waals surface area contributed by atoms with Gasteiger partial charge in [-0.2, -0.15) is 0 Å².